The minimum atomic E-state index is -3.13. The number of imidazole rings is 1. The molecule has 2 aliphatic carbocycles. The maximum atomic E-state index is 15.2. The summed E-state index contributed by atoms with van der Waals surface area (Å²) in [5.41, 5.74) is 1.88. The first-order valence-corrected chi connectivity index (χ1v) is 11.8. The summed E-state index contributed by atoms with van der Waals surface area (Å²) in [5, 5.41) is 0. The molecule has 0 spiro atoms. The van der Waals surface area contributed by atoms with Gasteiger partial charge in [0.2, 0.25) is 0 Å². The first kappa shape index (κ1) is 23.6. The van der Waals surface area contributed by atoms with Crippen LogP contribution in [0.3, 0.4) is 0 Å². The third kappa shape index (κ3) is 4.58. The van der Waals surface area contributed by atoms with Crippen LogP contribution in [-0.4, -0.2) is 41.0 Å². The van der Waals surface area contributed by atoms with E-state index in [4.69, 9.17) is 12.6 Å². The minimum absolute atomic E-state index is 0.0520. The van der Waals surface area contributed by atoms with Crippen LogP contribution < -0.4 is 5.46 Å². The largest absolute Gasteiger partial charge is 0.444 e. The number of carbonyl (C=O) groups is 1. The van der Waals surface area contributed by atoms with E-state index in [0.29, 0.717) is 40.2 Å². The number of fused-ring (bicyclic) bond motifs is 3. The molecule has 1 aromatic heterocycles. The summed E-state index contributed by atoms with van der Waals surface area (Å²) >= 11 is 0. The van der Waals surface area contributed by atoms with Crippen LogP contribution in [0.15, 0.2) is 42.6 Å². The van der Waals surface area contributed by atoms with E-state index in [9.17, 15) is 4.79 Å². The highest BCUT2D eigenvalue weighted by atomic mass is 19.3. The van der Waals surface area contributed by atoms with Crippen LogP contribution in [0.5, 0.6) is 0 Å². The topological polar surface area (TPSA) is 58.2 Å². The number of hydrogen-bond donors (Lipinski definition) is 1. The van der Waals surface area contributed by atoms with Crippen molar-refractivity contribution in [1.82, 2.24) is 14.9 Å². The second-order valence-electron chi connectivity index (χ2n) is 11.0. The Hall–Kier alpha value is -3.16. The summed E-state index contributed by atoms with van der Waals surface area (Å²) in [4.78, 5) is 22.2. The number of aromatic amines is 1. The van der Waals surface area contributed by atoms with Gasteiger partial charge in [-0.15, -0.1) is 0 Å². The lowest BCUT2D eigenvalue weighted by Crippen LogP contribution is -2.39. The predicted molar refractivity (Wildman–Crippen MR) is 132 cm³/mol. The van der Waals surface area contributed by atoms with Gasteiger partial charge in [0.25, 0.3) is 5.92 Å². The zero-order chi connectivity index (χ0) is 25.2. The lowest BCUT2D eigenvalue weighted by molar-refractivity contribution is 0.0192. The SMILES string of the molecule is [B]c1ccc2c(c1)C(F)(F)c1cc(-c3cnc(CN(CC4(C)CC4)C(=O)OC(C)(C)C)[nH]3)ccc1-2. The summed E-state index contributed by atoms with van der Waals surface area (Å²) in [6.45, 7) is 8.48. The fourth-order valence-electron chi connectivity index (χ4n) is 4.52. The molecule has 2 radical (unpaired) electrons. The van der Waals surface area contributed by atoms with Crippen molar-refractivity contribution in [3.63, 3.8) is 0 Å². The van der Waals surface area contributed by atoms with Crippen molar-refractivity contribution >= 4 is 19.4 Å². The van der Waals surface area contributed by atoms with Crippen LogP contribution in [0.1, 0.15) is 57.5 Å². The molecule has 8 heteroatoms. The van der Waals surface area contributed by atoms with E-state index < -0.39 is 17.6 Å². The molecular weight excluding hydrogens is 447 g/mol. The van der Waals surface area contributed by atoms with Crippen LogP contribution in [0, 0.1) is 5.41 Å². The first-order chi connectivity index (χ1) is 16.3. The average molecular weight is 475 g/mol. The number of aromatic nitrogens is 2. The van der Waals surface area contributed by atoms with E-state index >= 15 is 8.78 Å². The van der Waals surface area contributed by atoms with Gasteiger partial charge in [-0.2, -0.15) is 8.78 Å². The minimum Gasteiger partial charge on any atom is -0.444 e. The maximum Gasteiger partial charge on any atom is 0.410 e. The lowest BCUT2D eigenvalue weighted by atomic mass is 9.91. The number of hydrogen-bond acceptors (Lipinski definition) is 3. The molecular formula is C27H28BF2N3O2. The summed E-state index contributed by atoms with van der Waals surface area (Å²) in [6, 6.07) is 9.63. The number of halogens is 2. The van der Waals surface area contributed by atoms with Gasteiger partial charge < -0.3 is 14.6 Å². The van der Waals surface area contributed by atoms with Crippen molar-refractivity contribution in [2.75, 3.05) is 6.54 Å². The highest BCUT2D eigenvalue weighted by Gasteiger charge is 2.44. The van der Waals surface area contributed by atoms with Gasteiger partial charge in [-0.25, -0.2) is 9.78 Å². The fourth-order valence-corrected chi connectivity index (χ4v) is 4.52. The molecule has 5 rings (SSSR count). The van der Waals surface area contributed by atoms with Gasteiger partial charge in [0.1, 0.15) is 19.3 Å². The van der Waals surface area contributed by atoms with Crippen molar-refractivity contribution in [2.24, 2.45) is 5.41 Å². The Morgan fingerprint density at radius 1 is 1.14 bits per heavy atom. The molecule has 0 atom stereocenters. The Bertz CT molecular complexity index is 1310. The monoisotopic (exact) mass is 475 g/mol. The predicted octanol–water partition coefficient (Wildman–Crippen LogP) is 5.53. The van der Waals surface area contributed by atoms with Crippen LogP contribution in [-0.2, 0) is 17.2 Å². The van der Waals surface area contributed by atoms with Crippen LogP contribution >= 0.6 is 0 Å². The molecule has 0 bridgehead atoms. The van der Waals surface area contributed by atoms with Gasteiger partial charge in [-0.3, -0.25) is 0 Å². The summed E-state index contributed by atoms with van der Waals surface area (Å²) in [6.07, 6.45) is 3.35. The molecule has 180 valence electrons. The standard InChI is InChI=1S/C27H28BF2N3O2/c1-25(2,3)35-24(34)33(15-26(4)9-10-26)14-23-31-13-22(32-23)16-5-7-18-19-8-6-17(28)12-21(19)27(29,30)20(18)11-16/h5-8,11-13H,9-10,14-15H2,1-4H3,(H,31,32). The smallest absolute Gasteiger partial charge is 0.410 e. The highest BCUT2D eigenvalue weighted by molar-refractivity contribution is 6.32. The number of carbonyl (C=O) groups excluding carboxylic acids is 1. The van der Waals surface area contributed by atoms with E-state index in [2.05, 4.69) is 16.9 Å². The zero-order valence-corrected chi connectivity index (χ0v) is 20.4. The van der Waals surface area contributed by atoms with E-state index in [1.807, 2.05) is 20.8 Å². The third-order valence-electron chi connectivity index (χ3n) is 6.64. The molecule has 0 unspecified atom stereocenters. The van der Waals surface area contributed by atoms with Crippen molar-refractivity contribution in [2.45, 2.75) is 58.6 Å². The molecule has 35 heavy (non-hydrogen) atoms. The number of amides is 1. The van der Waals surface area contributed by atoms with Gasteiger partial charge in [0, 0.05) is 23.2 Å². The molecule has 1 amide bonds. The van der Waals surface area contributed by atoms with Gasteiger partial charge in [0.05, 0.1) is 18.4 Å². The van der Waals surface area contributed by atoms with Crippen LogP contribution in [0.4, 0.5) is 13.6 Å². The number of ether oxygens (including phenoxy) is 1. The number of rotatable bonds is 5. The maximum absolute atomic E-state index is 15.2. The van der Waals surface area contributed by atoms with Gasteiger partial charge in [-0.1, -0.05) is 42.7 Å². The Balaban J connectivity index is 1.40. The quantitative estimate of drug-likeness (QED) is 0.494. The molecule has 1 N–H and O–H groups in total. The van der Waals surface area contributed by atoms with Crippen molar-refractivity contribution < 1.29 is 18.3 Å². The van der Waals surface area contributed by atoms with E-state index in [-0.39, 0.29) is 23.1 Å². The van der Waals surface area contributed by atoms with Crippen molar-refractivity contribution in [1.29, 1.82) is 0 Å². The number of alkyl halides is 2. The van der Waals surface area contributed by atoms with Crippen LogP contribution in [0.2, 0.25) is 0 Å². The van der Waals surface area contributed by atoms with E-state index in [1.165, 1.54) is 12.1 Å². The fraction of sp³-hybridized carbons (Fsp3) is 0.407. The Kier molecular flexibility index (Phi) is 5.35. The molecule has 1 saturated carbocycles. The molecule has 2 aromatic carbocycles. The molecule has 3 aromatic rings. The molecule has 5 nitrogen and oxygen atoms in total. The van der Waals surface area contributed by atoms with E-state index in [0.717, 1.165) is 12.8 Å². The molecule has 0 aliphatic heterocycles. The summed E-state index contributed by atoms with van der Waals surface area (Å²) in [7, 11) is 5.76. The Labute approximate surface area is 205 Å². The van der Waals surface area contributed by atoms with Crippen molar-refractivity contribution in [3.05, 3.63) is 59.5 Å². The summed E-state index contributed by atoms with van der Waals surface area (Å²) < 4.78 is 36.1. The summed E-state index contributed by atoms with van der Waals surface area (Å²) in [5.74, 6) is -2.56. The lowest BCUT2D eigenvalue weighted by Gasteiger charge is -2.28. The third-order valence-corrected chi connectivity index (χ3v) is 6.64. The number of H-pyrrole nitrogens is 1. The zero-order valence-electron chi connectivity index (χ0n) is 20.4. The number of nitrogens with one attached hydrogen (secondary N) is 1. The van der Waals surface area contributed by atoms with E-state index in [1.54, 1.807) is 35.4 Å². The molecule has 2 aliphatic rings. The molecule has 1 heterocycles. The molecule has 0 saturated heterocycles. The first-order valence-electron chi connectivity index (χ1n) is 11.8. The Morgan fingerprint density at radius 2 is 1.80 bits per heavy atom. The normalized spacial score (nSPS) is 17.0. The highest BCUT2D eigenvalue weighted by Crippen LogP contribution is 2.51. The second kappa shape index (κ2) is 7.93. The Morgan fingerprint density at radius 3 is 2.46 bits per heavy atom. The second-order valence-corrected chi connectivity index (χ2v) is 11.0. The average Bonchev–Trinajstić information content (AvgIpc) is 3.23. The van der Waals surface area contributed by atoms with Crippen LogP contribution in [0.25, 0.3) is 22.4 Å². The van der Waals surface area contributed by atoms with Gasteiger partial charge in [0.15, 0.2) is 0 Å². The number of nitrogens with zero attached hydrogens (tertiary/aromatic N) is 2. The van der Waals surface area contributed by atoms with Gasteiger partial charge in [-0.05, 0) is 56.2 Å². The van der Waals surface area contributed by atoms with Gasteiger partial charge >= 0.3 is 6.09 Å². The molecule has 1 fully saturated rings. The number of benzene rings is 2. The van der Waals surface area contributed by atoms with Crippen molar-refractivity contribution in [3.8, 4) is 22.4 Å².